The quantitative estimate of drug-likeness (QED) is 0.662. The molecule has 1 heterocycles. The predicted molar refractivity (Wildman–Crippen MR) is 86.3 cm³/mol. The van der Waals surface area contributed by atoms with Gasteiger partial charge in [-0.3, -0.25) is 4.98 Å². The number of ether oxygens (including phenoxy) is 2. The fraction of sp³-hybridized carbons (Fsp3) is 0.0526. The molecule has 0 aliphatic carbocycles. The molecule has 4 heteroatoms. The fourth-order valence-corrected chi connectivity index (χ4v) is 2.01. The Labute approximate surface area is 134 Å². The molecule has 4 nitrogen and oxygen atoms in total. The summed E-state index contributed by atoms with van der Waals surface area (Å²) in [6.07, 6.45) is 3.31. The molecule has 0 saturated carbocycles. The Hall–Kier alpha value is -3.14. The second-order valence-electron chi connectivity index (χ2n) is 4.88. The molecule has 0 N–H and O–H groups in total. The molecular weight excluding hydrogens is 290 g/mol. The van der Waals surface area contributed by atoms with Crippen LogP contribution in [0.2, 0.25) is 0 Å². The maximum Gasteiger partial charge on any atom is 0.338 e. The van der Waals surface area contributed by atoms with Crippen LogP contribution in [0.5, 0.6) is 11.5 Å². The van der Waals surface area contributed by atoms with Crippen LogP contribution in [-0.2, 0) is 11.3 Å². The van der Waals surface area contributed by atoms with Gasteiger partial charge in [-0.1, -0.05) is 30.3 Å². The van der Waals surface area contributed by atoms with Gasteiger partial charge < -0.3 is 9.47 Å². The van der Waals surface area contributed by atoms with Crippen LogP contribution < -0.4 is 4.74 Å². The van der Waals surface area contributed by atoms with E-state index >= 15 is 0 Å². The molecule has 0 aliphatic rings. The molecule has 3 aromatic rings. The first kappa shape index (κ1) is 14.8. The monoisotopic (exact) mass is 305 g/mol. The highest BCUT2D eigenvalue weighted by atomic mass is 16.5. The van der Waals surface area contributed by atoms with Gasteiger partial charge in [-0.2, -0.15) is 0 Å². The van der Waals surface area contributed by atoms with Crippen LogP contribution in [0, 0.1) is 0 Å². The van der Waals surface area contributed by atoms with Crippen molar-refractivity contribution in [3.8, 4) is 11.5 Å². The van der Waals surface area contributed by atoms with Crippen molar-refractivity contribution in [1.29, 1.82) is 0 Å². The molecule has 2 aromatic carbocycles. The largest absolute Gasteiger partial charge is 0.457 e. The van der Waals surface area contributed by atoms with Gasteiger partial charge in [-0.15, -0.1) is 0 Å². The molecule has 0 amide bonds. The van der Waals surface area contributed by atoms with Gasteiger partial charge in [0.25, 0.3) is 0 Å². The van der Waals surface area contributed by atoms with Crippen molar-refractivity contribution in [2.75, 3.05) is 0 Å². The lowest BCUT2D eigenvalue weighted by Gasteiger charge is -2.07. The molecule has 0 fully saturated rings. The summed E-state index contributed by atoms with van der Waals surface area (Å²) >= 11 is 0. The standard InChI is InChI=1S/C19H15NO3/c21-19(22-14-15-5-2-1-3-6-15)16-8-10-17(11-9-16)23-18-7-4-12-20-13-18/h1-13H,14H2. The number of carbonyl (C=O) groups excluding carboxylic acids is 1. The highest BCUT2D eigenvalue weighted by Gasteiger charge is 2.07. The van der Waals surface area contributed by atoms with Crippen molar-refractivity contribution in [3.63, 3.8) is 0 Å². The first-order valence-electron chi connectivity index (χ1n) is 7.20. The Balaban J connectivity index is 1.59. The van der Waals surface area contributed by atoms with Gasteiger partial charge in [0.15, 0.2) is 0 Å². The van der Waals surface area contributed by atoms with E-state index in [-0.39, 0.29) is 12.6 Å². The summed E-state index contributed by atoms with van der Waals surface area (Å²) in [4.78, 5) is 16.0. The average Bonchev–Trinajstić information content (AvgIpc) is 2.62. The van der Waals surface area contributed by atoms with Crippen LogP contribution in [0.1, 0.15) is 15.9 Å². The minimum atomic E-state index is -0.359. The molecule has 0 atom stereocenters. The second kappa shape index (κ2) is 7.22. The molecule has 114 valence electrons. The topological polar surface area (TPSA) is 48.4 Å². The van der Waals surface area contributed by atoms with Crippen LogP contribution in [0.3, 0.4) is 0 Å². The zero-order valence-electron chi connectivity index (χ0n) is 12.4. The first-order chi connectivity index (χ1) is 11.3. The van der Waals surface area contributed by atoms with Crippen molar-refractivity contribution in [1.82, 2.24) is 4.98 Å². The first-order valence-corrected chi connectivity index (χ1v) is 7.20. The highest BCUT2D eigenvalue weighted by Crippen LogP contribution is 2.20. The molecular formula is C19H15NO3. The van der Waals surface area contributed by atoms with Crippen molar-refractivity contribution in [2.24, 2.45) is 0 Å². The summed E-state index contributed by atoms with van der Waals surface area (Å²) in [5, 5.41) is 0. The maximum atomic E-state index is 12.0. The van der Waals surface area contributed by atoms with Crippen LogP contribution in [0.15, 0.2) is 79.1 Å². The van der Waals surface area contributed by atoms with Crippen LogP contribution in [0.25, 0.3) is 0 Å². The van der Waals surface area contributed by atoms with E-state index in [4.69, 9.17) is 9.47 Å². The van der Waals surface area contributed by atoms with Crippen LogP contribution in [0.4, 0.5) is 0 Å². The van der Waals surface area contributed by atoms with Gasteiger partial charge in [0, 0.05) is 6.20 Å². The van der Waals surface area contributed by atoms with Gasteiger partial charge in [-0.05, 0) is 42.0 Å². The van der Waals surface area contributed by atoms with Crippen molar-refractivity contribution >= 4 is 5.97 Å². The molecule has 0 aliphatic heterocycles. The molecule has 0 bridgehead atoms. The number of hydrogen-bond donors (Lipinski definition) is 0. The summed E-state index contributed by atoms with van der Waals surface area (Å²) in [6, 6.07) is 20.0. The number of hydrogen-bond acceptors (Lipinski definition) is 4. The lowest BCUT2D eigenvalue weighted by Crippen LogP contribution is -2.05. The molecule has 0 radical (unpaired) electrons. The SMILES string of the molecule is O=C(OCc1ccccc1)c1ccc(Oc2cccnc2)cc1. The average molecular weight is 305 g/mol. The number of esters is 1. The smallest absolute Gasteiger partial charge is 0.338 e. The van der Waals surface area contributed by atoms with Crippen LogP contribution in [-0.4, -0.2) is 11.0 Å². The summed E-state index contributed by atoms with van der Waals surface area (Å²) in [7, 11) is 0. The van der Waals surface area contributed by atoms with Crippen molar-refractivity contribution < 1.29 is 14.3 Å². The fourth-order valence-electron chi connectivity index (χ4n) is 2.01. The predicted octanol–water partition coefficient (Wildman–Crippen LogP) is 4.23. The Bertz CT molecular complexity index is 756. The Morgan fingerprint density at radius 1 is 0.870 bits per heavy atom. The molecule has 1 aromatic heterocycles. The molecule has 3 rings (SSSR count). The normalized spacial score (nSPS) is 10.1. The van der Waals surface area contributed by atoms with Crippen LogP contribution >= 0.6 is 0 Å². The third-order valence-corrected chi connectivity index (χ3v) is 3.17. The van der Waals surface area contributed by atoms with Crippen molar-refractivity contribution in [2.45, 2.75) is 6.61 Å². The summed E-state index contributed by atoms with van der Waals surface area (Å²) < 4.78 is 10.9. The van der Waals surface area contributed by atoms with E-state index in [1.165, 1.54) is 0 Å². The number of rotatable bonds is 5. The minimum absolute atomic E-state index is 0.258. The highest BCUT2D eigenvalue weighted by molar-refractivity contribution is 5.89. The van der Waals surface area contributed by atoms with E-state index in [0.29, 0.717) is 17.1 Å². The Morgan fingerprint density at radius 2 is 1.65 bits per heavy atom. The lowest BCUT2D eigenvalue weighted by atomic mass is 10.2. The summed E-state index contributed by atoms with van der Waals surface area (Å²) in [5.74, 6) is 0.922. The van der Waals surface area contributed by atoms with Gasteiger partial charge in [0.2, 0.25) is 0 Å². The van der Waals surface area contributed by atoms with Gasteiger partial charge in [0.1, 0.15) is 18.1 Å². The minimum Gasteiger partial charge on any atom is -0.457 e. The molecule has 0 spiro atoms. The van der Waals surface area contributed by atoms with Crippen molar-refractivity contribution in [3.05, 3.63) is 90.3 Å². The zero-order valence-corrected chi connectivity index (χ0v) is 12.4. The van der Waals surface area contributed by atoms with Gasteiger partial charge >= 0.3 is 5.97 Å². The van der Waals surface area contributed by atoms with E-state index in [2.05, 4.69) is 4.98 Å². The van der Waals surface area contributed by atoms with E-state index in [9.17, 15) is 4.79 Å². The second-order valence-corrected chi connectivity index (χ2v) is 4.88. The van der Waals surface area contributed by atoms with E-state index in [1.807, 2.05) is 36.4 Å². The van der Waals surface area contributed by atoms with E-state index in [1.54, 1.807) is 42.7 Å². The third kappa shape index (κ3) is 4.17. The number of nitrogens with zero attached hydrogens (tertiary/aromatic N) is 1. The number of benzene rings is 2. The zero-order chi connectivity index (χ0) is 15.9. The van der Waals surface area contributed by atoms with Gasteiger partial charge in [0.05, 0.1) is 11.8 Å². The Morgan fingerprint density at radius 3 is 2.35 bits per heavy atom. The lowest BCUT2D eigenvalue weighted by molar-refractivity contribution is 0.0472. The van der Waals surface area contributed by atoms with E-state index < -0.39 is 0 Å². The van der Waals surface area contributed by atoms with Gasteiger partial charge in [-0.25, -0.2) is 4.79 Å². The number of aromatic nitrogens is 1. The van der Waals surface area contributed by atoms with E-state index in [0.717, 1.165) is 5.56 Å². The summed E-state index contributed by atoms with van der Waals surface area (Å²) in [5.41, 5.74) is 1.44. The Kier molecular flexibility index (Phi) is 4.64. The summed E-state index contributed by atoms with van der Waals surface area (Å²) in [6.45, 7) is 0.258. The number of carbonyl (C=O) groups is 1. The molecule has 23 heavy (non-hydrogen) atoms. The molecule has 0 unspecified atom stereocenters. The number of pyridine rings is 1. The maximum absolute atomic E-state index is 12.0. The third-order valence-electron chi connectivity index (χ3n) is 3.17. The molecule has 0 saturated heterocycles.